The molecular formula is C5H8N2OS. The normalized spacial score (nSPS) is 9.89. The van der Waals surface area contributed by atoms with Crippen LogP contribution in [0, 0.1) is 0 Å². The topological polar surface area (TPSA) is 59.1 Å². The molecule has 1 heterocycles. The molecule has 0 aliphatic heterocycles. The lowest BCUT2D eigenvalue weighted by molar-refractivity contribution is 0.299. The highest BCUT2D eigenvalue weighted by Gasteiger charge is 1.95. The average molecular weight is 144 g/mol. The zero-order chi connectivity index (χ0) is 6.69. The van der Waals surface area contributed by atoms with Gasteiger partial charge in [-0.1, -0.05) is 0 Å². The molecule has 0 saturated heterocycles. The number of hydrogen-bond donors (Lipinski definition) is 2. The van der Waals surface area contributed by atoms with Crippen molar-refractivity contribution in [1.82, 2.24) is 4.98 Å². The van der Waals surface area contributed by atoms with Crippen molar-refractivity contribution in [2.75, 3.05) is 12.3 Å². The molecule has 0 radical (unpaired) electrons. The Morgan fingerprint density at radius 1 is 1.78 bits per heavy atom. The minimum absolute atomic E-state index is 0.146. The summed E-state index contributed by atoms with van der Waals surface area (Å²) in [6.45, 7) is 0.146. The van der Waals surface area contributed by atoms with Gasteiger partial charge in [-0.3, -0.25) is 0 Å². The van der Waals surface area contributed by atoms with Gasteiger partial charge < -0.3 is 10.8 Å². The van der Waals surface area contributed by atoms with Crippen molar-refractivity contribution in [3.63, 3.8) is 0 Å². The lowest BCUT2D eigenvalue weighted by Crippen LogP contribution is -1.90. The highest BCUT2D eigenvalue weighted by molar-refractivity contribution is 7.10. The van der Waals surface area contributed by atoms with Crippen molar-refractivity contribution in [2.24, 2.45) is 0 Å². The molecule has 0 unspecified atom stereocenters. The fraction of sp³-hybridized carbons (Fsp3) is 0.400. The third-order valence-corrected chi connectivity index (χ3v) is 1.82. The number of aliphatic hydroxyl groups is 1. The first-order valence-corrected chi connectivity index (χ1v) is 3.51. The van der Waals surface area contributed by atoms with E-state index < -0.39 is 0 Å². The largest absolute Gasteiger partial charge is 0.396 e. The Bertz CT molecular complexity index is 187. The van der Waals surface area contributed by atoms with Crippen LogP contribution in [-0.2, 0) is 6.42 Å². The molecule has 1 rings (SSSR count). The molecular weight excluding hydrogens is 136 g/mol. The fourth-order valence-corrected chi connectivity index (χ4v) is 1.21. The SMILES string of the molecule is Nc1csc(CCO)n1. The highest BCUT2D eigenvalue weighted by Crippen LogP contribution is 2.10. The number of nitrogens with zero attached hydrogens (tertiary/aromatic N) is 1. The summed E-state index contributed by atoms with van der Waals surface area (Å²) in [5.74, 6) is 0.545. The Balaban J connectivity index is 2.61. The lowest BCUT2D eigenvalue weighted by Gasteiger charge is -1.85. The monoisotopic (exact) mass is 144 g/mol. The summed E-state index contributed by atoms with van der Waals surface area (Å²) in [5, 5.41) is 11.1. The van der Waals surface area contributed by atoms with E-state index in [0.717, 1.165) is 5.01 Å². The van der Waals surface area contributed by atoms with Gasteiger partial charge in [0.2, 0.25) is 0 Å². The quantitative estimate of drug-likeness (QED) is 0.626. The zero-order valence-corrected chi connectivity index (χ0v) is 5.69. The van der Waals surface area contributed by atoms with Crippen LogP contribution in [0.3, 0.4) is 0 Å². The first kappa shape index (κ1) is 6.51. The standard InChI is InChI=1S/C5H8N2OS/c6-4-3-9-5(7-4)1-2-8/h3,8H,1-2,6H2. The van der Waals surface area contributed by atoms with E-state index in [2.05, 4.69) is 4.98 Å². The number of hydrogen-bond acceptors (Lipinski definition) is 4. The second-order valence-electron chi connectivity index (χ2n) is 1.64. The Morgan fingerprint density at radius 3 is 3.00 bits per heavy atom. The Labute approximate surface area is 57.2 Å². The number of nitrogens with two attached hydrogens (primary N) is 1. The van der Waals surface area contributed by atoms with Crippen molar-refractivity contribution < 1.29 is 5.11 Å². The maximum atomic E-state index is 8.45. The molecule has 0 atom stereocenters. The van der Waals surface area contributed by atoms with Crippen LogP contribution < -0.4 is 5.73 Å². The number of aliphatic hydroxyl groups excluding tert-OH is 1. The molecule has 1 aromatic heterocycles. The molecule has 0 bridgehead atoms. The number of anilines is 1. The maximum Gasteiger partial charge on any atom is 0.134 e. The van der Waals surface area contributed by atoms with Crippen LogP contribution in [0.2, 0.25) is 0 Å². The van der Waals surface area contributed by atoms with Crippen LogP contribution in [0.25, 0.3) is 0 Å². The number of aromatic nitrogens is 1. The van der Waals surface area contributed by atoms with Crippen molar-refractivity contribution >= 4 is 17.2 Å². The van der Waals surface area contributed by atoms with Gasteiger partial charge in [0, 0.05) is 18.4 Å². The van der Waals surface area contributed by atoms with E-state index in [4.69, 9.17) is 10.8 Å². The summed E-state index contributed by atoms with van der Waals surface area (Å²) in [5.41, 5.74) is 5.33. The van der Waals surface area contributed by atoms with E-state index in [1.807, 2.05) is 0 Å². The second-order valence-corrected chi connectivity index (χ2v) is 2.58. The molecule has 0 fully saturated rings. The first-order chi connectivity index (χ1) is 4.33. The summed E-state index contributed by atoms with van der Waals surface area (Å²) < 4.78 is 0. The van der Waals surface area contributed by atoms with Gasteiger partial charge in [-0.25, -0.2) is 4.98 Å². The van der Waals surface area contributed by atoms with Gasteiger partial charge in [0.1, 0.15) is 5.82 Å². The molecule has 9 heavy (non-hydrogen) atoms. The van der Waals surface area contributed by atoms with Crippen LogP contribution in [-0.4, -0.2) is 16.7 Å². The minimum Gasteiger partial charge on any atom is -0.396 e. The molecule has 0 saturated carbocycles. The third kappa shape index (κ3) is 1.65. The number of rotatable bonds is 2. The third-order valence-electron chi connectivity index (χ3n) is 0.895. The van der Waals surface area contributed by atoms with Crippen molar-refractivity contribution in [2.45, 2.75) is 6.42 Å². The Hall–Kier alpha value is -0.610. The predicted octanol–water partition coefficient (Wildman–Crippen LogP) is 0.260. The van der Waals surface area contributed by atoms with E-state index >= 15 is 0 Å². The van der Waals surface area contributed by atoms with E-state index in [-0.39, 0.29) is 6.61 Å². The molecule has 1 aromatic rings. The molecule has 0 aromatic carbocycles. The van der Waals surface area contributed by atoms with E-state index in [9.17, 15) is 0 Å². The van der Waals surface area contributed by atoms with Crippen LogP contribution in [0.4, 0.5) is 5.82 Å². The van der Waals surface area contributed by atoms with E-state index in [0.29, 0.717) is 12.2 Å². The Kier molecular flexibility index (Phi) is 2.02. The number of thiazole rings is 1. The van der Waals surface area contributed by atoms with Gasteiger partial charge in [-0.2, -0.15) is 0 Å². The van der Waals surface area contributed by atoms with Crippen LogP contribution in [0.1, 0.15) is 5.01 Å². The molecule has 4 heteroatoms. The summed E-state index contributed by atoms with van der Waals surface area (Å²) in [6, 6.07) is 0. The van der Waals surface area contributed by atoms with Crippen LogP contribution in [0.5, 0.6) is 0 Å². The highest BCUT2D eigenvalue weighted by atomic mass is 32.1. The molecule has 3 nitrogen and oxygen atoms in total. The zero-order valence-electron chi connectivity index (χ0n) is 4.87. The van der Waals surface area contributed by atoms with Crippen molar-refractivity contribution in [1.29, 1.82) is 0 Å². The van der Waals surface area contributed by atoms with E-state index in [1.165, 1.54) is 11.3 Å². The summed E-state index contributed by atoms with van der Waals surface area (Å²) in [7, 11) is 0. The molecule has 3 N–H and O–H groups in total. The van der Waals surface area contributed by atoms with Gasteiger partial charge in [0.05, 0.1) is 5.01 Å². The smallest absolute Gasteiger partial charge is 0.134 e. The summed E-state index contributed by atoms with van der Waals surface area (Å²) in [4.78, 5) is 3.94. The second kappa shape index (κ2) is 2.80. The van der Waals surface area contributed by atoms with Crippen LogP contribution >= 0.6 is 11.3 Å². The predicted molar refractivity (Wildman–Crippen MR) is 37.3 cm³/mol. The Morgan fingerprint density at radius 2 is 2.56 bits per heavy atom. The molecule has 0 aliphatic carbocycles. The maximum absolute atomic E-state index is 8.45. The van der Waals surface area contributed by atoms with Gasteiger partial charge in [0.25, 0.3) is 0 Å². The first-order valence-electron chi connectivity index (χ1n) is 2.63. The molecule has 50 valence electrons. The average Bonchev–Trinajstić information content (AvgIpc) is 2.17. The van der Waals surface area contributed by atoms with Crippen LogP contribution in [0.15, 0.2) is 5.38 Å². The van der Waals surface area contributed by atoms with Gasteiger partial charge in [0.15, 0.2) is 0 Å². The summed E-state index contributed by atoms with van der Waals surface area (Å²) in [6.07, 6.45) is 0.613. The minimum atomic E-state index is 0.146. The molecule has 0 amide bonds. The molecule has 0 spiro atoms. The summed E-state index contributed by atoms with van der Waals surface area (Å²) >= 11 is 1.48. The van der Waals surface area contributed by atoms with Gasteiger partial charge in [-0.15, -0.1) is 11.3 Å². The fourth-order valence-electron chi connectivity index (χ4n) is 0.536. The van der Waals surface area contributed by atoms with Gasteiger partial charge in [-0.05, 0) is 0 Å². The van der Waals surface area contributed by atoms with E-state index in [1.54, 1.807) is 5.38 Å². The van der Waals surface area contributed by atoms with Gasteiger partial charge >= 0.3 is 0 Å². The lowest BCUT2D eigenvalue weighted by atomic mass is 10.5. The number of nitrogen functional groups attached to an aromatic ring is 1. The van der Waals surface area contributed by atoms with Crippen molar-refractivity contribution in [3.05, 3.63) is 10.4 Å². The van der Waals surface area contributed by atoms with Crippen molar-refractivity contribution in [3.8, 4) is 0 Å². The molecule has 0 aliphatic rings.